The fraction of sp³-hybridized carbons (Fsp3) is 0.300. The van der Waals surface area contributed by atoms with Crippen LogP contribution >= 0.6 is 11.6 Å². The average molecular weight is 383 g/mol. The van der Waals surface area contributed by atoms with Crippen molar-refractivity contribution in [3.05, 3.63) is 59.5 Å². The van der Waals surface area contributed by atoms with Gasteiger partial charge in [0.05, 0.1) is 18.2 Å². The number of hydrogen-bond donors (Lipinski definition) is 0. The van der Waals surface area contributed by atoms with Gasteiger partial charge in [-0.1, -0.05) is 41.9 Å². The Bertz CT molecular complexity index is 967. The number of likely N-dealkylation sites (tertiary alicyclic amines) is 1. The Morgan fingerprint density at radius 3 is 2.85 bits per heavy atom. The summed E-state index contributed by atoms with van der Waals surface area (Å²) in [7, 11) is 0. The van der Waals surface area contributed by atoms with Gasteiger partial charge in [-0.2, -0.15) is 4.98 Å². The molecule has 1 aromatic carbocycles. The molecule has 1 amide bonds. The number of aromatic nitrogens is 3. The fourth-order valence-electron chi connectivity index (χ4n) is 3.42. The van der Waals surface area contributed by atoms with Crippen LogP contribution in [0.5, 0.6) is 5.88 Å². The molecule has 27 heavy (non-hydrogen) atoms. The van der Waals surface area contributed by atoms with E-state index in [1.54, 1.807) is 18.5 Å². The minimum Gasteiger partial charge on any atom is -0.476 e. The highest BCUT2D eigenvalue weighted by atomic mass is 35.5. The van der Waals surface area contributed by atoms with Crippen molar-refractivity contribution in [2.24, 2.45) is 5.92 Å². The van der Waals surface area contributed by atoms with Gasteiger partial charge in [0.15, 0.2) is 5.52 Å². The summed E-state index contributed by atoms with van der Waals surface area (Å²) in [6, 6.07) is 11.7. The molecular formula is C20H19ClN4O2. The van der Waals surface area contributed by atoms with Gasteiger partial charge in [-0.3, -0.25) is 9.78 Å². The van der Waals surface area contributed by atoms with Crippen molar-refractivity contribution in [3.63, 3.8) is 0 Å². The van der Waals surface area contributed by atoms with Crippen molar-refractivity contribution < 1.29 is 9.53 Å². The second-order valence-corrected chi connectivity index (χ2v) is 7.08. The first-order valence-electron chi connectivity index (χ1n) is 8.86. The molecule has 0 N–H and O–H groups in total. The lowest BCUT2D eigenvalue weighted by Gasteiger charge is -2.25. The summed E-state index contributed by atoms with van der Waals surface area (Å²) in [5.41, 5.74) is 2.33. The molecule has 3 heterocycles. The lowest BCUT2D eigenvalue weighted by molar-refractivity contribution is -0.129. The average Bonchev–Trinajstić information content (AvgIpc) is 3.06. The largest absolute Gasteiger partial charge is 0.476 e. The molecule has 0 bridgehead atoms. The summed E-state index contributed by atoms with van der Waals surface area (Å²) < 4.78 is 5.89. The number of benzene rings is 1. The standard InChI is InChI=1S/C20H19ClN4O2/c1-13(15-5-3-2-4-6-15)25-11-14(9-18(25)26)12-27-20-19-16(10-17(21)24-20)22-7-8-23-19/h2-8,10,13-14H,9,11-12H2,1H3/t13-,14?/m0/s1. The zero-order chi connectivity index (χ0) is 18.8. The van der Waals surface area contributed by atoms with Crippen LogP contribution in [0, 0.1) is 5.92 Å². The predicted molar refractivity (Wildman–Crippen MR) is 103 cm³/mol. The van der Waals surface area contributed by atoms with E-state index < -0.39 is 0 Å². The van der Waals surface area contributed by atoms with Gasteiger partial charge in [-0.05, 0) is 12.5 Å². The van der Waals surface area contributed by atoms with E-state index in [1.165, 1.54) is 0 Å². The molecule has 6 nitrogen and oxygen atoms in total. The number of amides is 1. The molecule has 1 aliphatic rings. The van der Waals surface area contributed by atoms with E-state index >= 15 is 0 Å². The maximum Gasteiger partial charge on any atom is 0.243 e. The molecular weight excluding hydrogens is 364 g/mol. The van der Waals surface area contributed by atoms with E-state index in [2.05, 4.69) is 21.9 Å². The molecule has 7 heteroatoms. The van der Waals surface area contributed by atoms with Crippen molar-refractivity contribution in [2.45, 2.75) is 19.4 Å². The molecule has 1 saturated heterocycles. The smallest absolute Gasteiger partial charge is 0.243 e. The first-order chi connectivity index (χ1) is 13.1. The van der Waals surface area contributed by atoms with Gasteiger partial charge >= 0.3 is 0 Å². The Morgan fingerprint density at radius 1 is 1.26 bits per heavy atom. The minimum atomic E-state index is 0.0414. The Balaban J connectivity index is 1.45. The van der Waals surface area contributed by atoms with Gasteiger partial charge in [0.25, 0.3) is 0 Å². The maximum atomic E-state index is 12.5. The highest BCUT2D eigenvalue weighted by Crippen LogP contribution is 2.29. The van der Waals surface area contributed by atoms with E-state index in [0.29, 0.717) is 41.6 Å². The van der Waals surface area contributed by atoms with Crippen LogP contribution < -0.4 is 4.74 Å². The van der Waals surface area contributed by atoms with Crippen LogP contribution in [0.15, 0.2) is 48.8 Å². The molecule has 4 rings (SSSR count). The van der Waals surface area contributed by atoms with Crippen molar-refractivity contribution in [3.8, 4) is 5.88 Å². The normalized spacial score (nSPS) is 18.1. The molecule has 3 aromatic rings. The number of carbonyl (C=O) groups is 1. The Kier molecular flexibility index (Phi) is 4.90. The fourth-order valence-corrected chi connectivity index (χ4v) is 3.60. The predicted octanol–water partition coefficient (Wildman–Crippen LogP) is 3.67. The lowest BCUT2D eigenvalue weighted by Crippen LogP contribution is -2.29. The number of halogens is 1. The molecule has 0 spiro atoms. The first-order valence-corrected chi connectivity index (χ1v) is 9.24. The molecule has 2 atom stereocenters. The third-order valence-corrected chi connectivity index (χ3v) is 5.03. The number of ether oxygens (including phenoxy) is 1. The summed E-state index contributed by atoms with van der Waals surface area (Å²) in [4.78, 5) is 27.1. The molecule has 1 unspecified atom stereocenters. The molecule has 0 saturated carbocycles. The number of carbonyl (C=O) groups excluding carboxylic acids is 1. The Labute approximate surface area is 162 Å². The zero-order valence-electron chi connectivity index (χ0n) is 14.9. The second-order valence-electron chi connectivity index (χ2n) is 6.69. The highest BCUT2D eigenvalue weighted by molar-refractivity contribution is 6.30. The van der Waals surface area contributed by atoms with Crippen LogP contribution in [0.2, 0.25) is 5.15 Å². The Hall–Kier alpha value is -2.73. The van der Waals surface area contributed by atoms with Crippen molar-refractivity contribution in [1.82, 2.24) is 19.9 Å². The molecule has 2 aromatic heterocycles. The summed E-state index contributed by atoms with van der Waals surface area (Å²) >= 11 is 6.05. The zero-order valence-corrected chi connectivity index (χ0v) is 15.6. The van der Waals surface area contributed by atoms with Crippen LogP contribution in [0.25, 0.3) is 11.0 Å². The van der Waals surface area contributed by atoms with E-state index in [0.717, 1.165) is 5.56 Å². The molecule has 1 aliphatic heterocycles. The Morgan fingerprint density at radius 2 is 2.04 bits per heavy atom. The molecule has 0 radical (unpaired) electrons. The number of pyridine rings is 1. The van der Waals surface area contributed by atoms with Gasteiger partial charge in [-0.25, -0.2) is 4.98 Å². The minimum absolute atomic E-state index is 0.0414. The van der Waals surface area contributed by atoms with Gasteiger partial charge in [0, 0.05) is 37.3 Å². The summed E-state index contributed by atoms with van der Waals surface area (Å²) in [5.74, 6) is 0.590. The van der Waals surface area contributed by atoms with Crippen LogP contribution in [0.3, 0.4) is 0 Å². The van der Waals surface area contributed by atoms with Crippen LogP contribution in [-0.2, 0) is 4.79 Å². The SMILES string of the molecule is C[C@@H](c1ccccc1)N1CC(COc2nc(Cl)cc3nccnc23)CC1=O. The lowest BCUT2D eigenvalue weighted by atomic mass is 10.1. The number of nitrogens with zero attached hydrogens (tertiary/aromatic N) is 4. The summed E-state index contributed by atoms with van der Waals surface area (Å²) in [6.07, 6.45) is 3.65. The number of rotatable bonds is 5. The monoisotopic (exact) mass is 382 g/mol. The van der Waals surface area contributed by atoms with Crippen LogP contribution in [0.4, 0.5) is 0 Å². The van der Waals surface area contributed by atoms with Crippen molar-refractivity contribution in [1.29, 1.82) is 0 Å². The third kappa shape index (κ3) is 3.71. The van der Waals surface area contributed by atoms with Crippen molar-refractivity contribution >= 4 is 28.5 Å². The molecule has 138 valence electrons. The quantitative estimate of drug-likeness (QED) is 0.630. The van der Waals surface area contributed by atoms with Gasteiger partial charge < -0.3 is 9.64 Å². The van der Waals surface area contributed by atoms with Gasteiger partial charge in [-0.15, -0.1) is 0 Å². The van der Waals surface area contributed by atoms with E-state index in [4.69, 9.17) is 16.3 Å². The van der Waals surface area contributed by atoms with Gasteiger partial charge in [0.2, 0.25) is 11.8 Å². The molecule has 1 fully saturated rings. The summed E-state index contributed by atoms with van der Waals surface area (Å²) in [5, 5.41) is 0.305. The van der Waals surface area contributed by atoms with Crippen LogP contribution in [-0.4, -0.2) is 38.9 Å². The van der Waals surface area contributed by atoms with E-state index in [-0.39, 0.29) is 17.9 Å². The number of fused-ring (bicyclic) bond motifs is 1. The van der Waals surface area contributed by atoms with Gasteiger partial charge in [0.1, 0.15) is 5.15 Å². The molecule has 0 aliphatic carbocycles. The van der Waals surface area contributed by atoms with Crippen LogP contribution in [0.1, 0.15) is 24.9 Å². The maximum absolute atomic E-state index is 12.5. The van der Waals surface area contributed by atoms with Crippen molar-refractivity contribution in [2.75, 3.05) is 13.2 Å². The highest BCUT2D eigenvalue weighted by Gasteiger charge is 2.33. The topological polar surface area (TPSA) is 68.2 Å². The number of hydrogen-bond acceptors (Lipinski definition) is 5. The second kappa shape index (κ2) is 7.48. The van der Waals surface area contributed by atoms with E-state index in [1.807, 2.05) is 35.2 Å². The first kappa shape index (κ1) is 17.7. The van der Waals surface area contributed by atoms with E-state index in [9.17, 15) is 4.79 Å². The third-order valence-electron chi connectivity index (χ3n) is 4.84. The summed E-state index contributed by atoms with van der Waals surface area (Å²) in [6.45, 7) is 3.08.